The minimum absolute atomic E-state index is 0.134. The summed E-state index contributed by atoms with van der Waals surface area (Å²) in [6.07, 6.45) is 1.30. The molecule has 0 aliphatic heterocycles. The zero-order chi connectivity index (χ0) is 17.3. The number of para-hydroxylation sites is 1. The maximum atomic E-state index is 11.5. The molecule has 0 aliphatic rings. The van der Waals surface area contributed by atoms with Crippen LogP contribution in [0.15, 0.2) is 36.7 Å². The highest BCUT2D eigenvalue weighted by molar-refractivity contribution is 5.93. The minimum Gasteiger partial charge on any atom is -0.357 e. The molecular formula is C16H16N6O2. The van der Waals surface area contributed by atoms with Crippen molar-refractivity contribution in [3.63, 3.8) is 0 Å². The van der Waals surface area contributed by atoms with E-state index in [1.165, 1.54) is 6.33 Å². The Labute approximate surface area is 138 Å². The summed E-state index contributed by atoms with van der Waals surface area (Å²) in [7, 11) is 3.39. The first-order valence-electron chi connectivity index (χ1n) is 7.27. The molecule has 0 fully saturated rings. The Morgan fingerprint density at radius 1 is 1.17 bits per heavy atom. The number of aryl methyl sites for hydroxylation is 1. The van der Waals surface area contributed by atoms with E-state index in [1.807, 2.05) is 37.3 Å². The Kier molecular flexibility index (Phi) is 3.95. The van der Waals surface area contributed by atoms with Crippen molar-refractivity contribution in [2.75, 3.05) is 24.3 Å². The quantitative estimate of drug-likeness (QED) is 0.582. The number of pyridine rings is 1. The molecule has 122 valence electrons. The van der Waals surface area contributed by atoms with Gasteiger partial charge in [-0.05, 0) is 19.1 Å². The van der Waals surface area contributed by atoms with Crippen LogP contribution >= 0.6 is 0 Å². The van der Waals surface area contributed by atoms with Crippen molar-refractivity contribution >= 4 is 33.9 Å². The molecule has 0 spiro atoms. The Morgan fingerprint density at radius 2 is 1.96 bits per heavy atom. The van der Waals surface area contributed by atoms with Gasteiger partial charge in [0, 0.05) is 25.2 Å². The fourth-order valence-corrected chi connectivity index (χ4v) is 2.43. The van der Waals surface area contributed by atoms with Crippen LogP contribution in [0.1, 0.15) is 5.69 Å². The van der Waals surface area contributed by atoms with Crippen LogP contribution in [0.3, 0.4) is 0 Å². The van der Waals surface area contributed by atoms with Crippen molar-refractivity contribution in [2.45, 2.75) is 6.92 Å². The third-order valence-corrected chi connectivity index (χ3v) is 3.52. The number of benzene rings is 1. The molecule has 0 saturated carbocycles. The maximum Gasteiger partial charge on any atom is 0.353 e. The van der Waals surface area contributed by atoms with Gasteiger partial charge in [0.15, 0.2) is 0 Å². The molecular weight excluding hydrogens is 308 g/mol. The molecule has 0 radical (unpaired) electrons. The molecule has 3 aromatic rings. The zero-order valence-corrected chi connectivity index (χ0v) is 13.5. The lowest BCUT2D eigenvalue weighted by Crippen LogP contribution is -2.14. The van der Waals surface area contributed by atoms with Gasteiger partial charge in [0.1, 0.15) is 6.33 Å². The van der Waals surface area contributed by atoms with Gasteiger partial charge in [0.2, 0.25) is 11.6 Å². The van der Waals surface area contributed by atoms with Gasteiger partial charge in [-0.2, -0.15) is 0 Å². The van der Waals surface area contributed by atoms with Crippen molar-refractivity contribution in [3.05, 3.63) is 52.5 Å². The predicted molar refractivity (Wildman–Crippen MR) is 92.8 cm³/mol. The summed E-state index contributed by atoms with van der Waals surface area (Å²) in [6.45, 7) is 1.90. The van der Waals surface area contributed by atoms with Crippen molar-refractivity contribution in [1.29, 1.82) is 0 Å². The van der Waals surface area contributed by atoms with Crippen LogP contribution in [-0.2, 0) is 0 Å². The van der Waals surface area contributed by atoms with Crippen LogP contribution in [0.25, 0.3) is 10.9 Å². The number of nitrogens with zero attached hydrogens (tertiary/aromatic N) is 5. The summed E-state index contributed by atoms with van der Waals surface area (Å²) >= 11 is 0. The molecule has 1 aromatic carbocycles. The number of fused-ring (bicyclic) bond motifs is 1. The van der Waals surface area contributed by atoms with Crippen LogP contribution < -0.4 is 10.2 Å². The van der Waals surface area contributed by atoms with Crippen LogP contribution in [0.4, 0.5) is 23.0 Å². The zero-order valence-electron chi connectivity index (χ0n) is 13.5. The van der Waals surface area contributed by atoms with E-state index in [4.69, 9.17) is 0 Å². The first-order chi connectivity index (χ1) is 11.5. The smallest absolute Gasteiger partial charge is 0.353 e. The third kappa shape index (κ3) is 2.81. The number of nitrogens with one attached hydrogen (secondary N) is 1. The fourth-order valence-electron chi connectivity index (χ4n) is 2.43. The summed E-state index contributed by atoms with van der Waals surface area (Å²) in [6, 6.07) is 9.50. The van der Waals surface area contributed by atoms with Crippen molar-refractivity contribution < 1.29 is 4.92 Å². The second kappa shape index (κ2) is 6.07. The summed E-state index contributed by atoms with van der Waals surface area (Å²) in [4.78, 5) is 25.2. The van der Waals surface area contributed by atoms with Crippen molar-refractivity contribution in [1.82, 2.24) is 15.0 Å². The molecule has 0 aliphatic carbocycles. The molecule has 0 atom stereocenters. The second-order valence-corrected chi connectivity index (χ2v) is 5.50. The molecule has 8 nitrogen and oxygen atoms in total. The third-order valence-electron chi connectivity index (χ3n) is 3.52. The van der Waals surface area contributed by atoms with E-state index >= 15 is 0 Å². The Bertz CT molecular complexity index is 926. The topological polar surface area (TPSA) is 97.1 Å². The fraction of sp³-hybridized carbons (Fsp3) is 0.188. The van der Waals surface area contributed by atoms with Crippen molar-refractivity contribution in [2.24, 2.45) is 0 Å². The number of rotatable bonds is 4. The first-order valence-corrected chi connectivity index (χ1v) is 7.27. The molecule has 0 amide bonds. The molecule has 0 unspecified atom stereocenters. The average molecular weight is 324 g/mol. The molecule has 24 heavy (non-hydrogen) atoms. The molecule has 0 saturated heterocycles. The van der Waals surface area contributed by atoms with Gasteiger partial charge in [-0.3, -0.25) is 15.1 Å². The maximum absolute atomic E-state index is 11.5. The standard InChI is InChI=1S/C16H16N6O2/c1-10-7-8-11-5-4-6-12(13(11)19-10)20-15-14(22(23)24)16(21(2)3)18-9-17-15/h4-9H,1-3H3,(H,17,18,20). The number of hydrogen-bond donors (Lipinski definition) is 1. The van der Waals surface area contributed by atoms with Gasteiger partial charge in [-0.1, -0.05) is 18.2 Å². The van der Waals surface area contributed by atoms with Crippen molar-refractivity contribution in [3.8, 4) is 0 Å². The van der Waals surface area contributed by atoms with Crippen LogP contribution in [0.2, 0.25) is 0 Å². The van der Waals surface area contributed by atoms with E-state index in [0.29, 0.717) is 5.69 Å². The lowest BCUT2D eigenvalue weighted by Gasteiger charge is -2.14. The SMILES string of the molecule is Cc1ccc2cccc(Nc3ncnc(N(C)C)c3[N+](=O)[O-])c2n1. The van der Waals surface area contributed by atoms with Gasteiger partial charge in [0.05, 0.1) is 16.1 Å². The molecule has 2 aromatic heterocycles. The van der Waals surface area contributed by atoms with E-state index in [0.717, 1.165) is 16.6 Å². The minimum atomic E-state index is -0.485. The van der Waals surface area contributed by atoms with E-state index in [2.05, 4.69) is 20.3 Å². The number of anilines is 3. The molecule has 0 bridgehead atoms. The van der Waals surface area contributed by atoms with Gasteiger partial charge in [0.25, 0.3) is 0 Å². The highest BCUT2D eigenvalue weighted by Crippen LogP contribution is 2.34. The van der Waals surface area contributed by atoms with Gasteiger partial charge in [-0.15, -0.1) is 0 Å². The van der Waals surface area contributed by atoms with Crippen LogP contribution in [0.5, 0.6) is 0 Å². The lowest BCUT2D eigenvalue weighted by molar-refractivity contribution is -0.383. The summed E-state index contributed by atoms with van der Waals surface area (Å²) in [5.74, 6) is 0.372. The normalized spacial score (nSPS) is 10.6. The first kappa shape index (κ1) is 15.6. The average Bonchev–Trinajstić information content (AvgIpc) is 2.55. The monoisotopic (exact) mass is 324 g/mol. The highest BCUT2D eigenvalue weighted by atomic mass is 16.6. The summed E-state index contributed by atoms with van der Waals surface area (Å²) in [5.41, 5.74) is 2.08. The van der Waals surface area contributed by atoms with Crippen LogP contribution in [-0.4, -0.2) is 34.0 Å². The van der Waals surface area contributed by atoms with Crippen LogP contribution in [0, 0.1) is 17.0 Å². The van der Waals surface area contributed by atoms with Gasteiger partial charge in [-0.25, -0.2) is 9.97 Å². The molecule has 8 heteroatoms. The lowest BCUT2D eigenvalue weighted by atomic mass is 10.1. The van der Waals surface area contributed by atoms with E-state index in [-0.39, 0.29) is 17.3 Å². The molecule has 1 N–H and O–H groups in total. The van der Waals surface area contributed by atoms with E-state index in [1.54, 1.807) is 19.0 Å². The predicted octanol–water partition coefficient (Wildman–Crippen LogP) is 3.05. The summed E-state index contributed by atoms with van der Waals surface area (Å²) < 4.78 is 0. The van der Waals surface area contributed by atoms with Gasteiger partial charge >= 0.3 is 5.69 Å². The largest absolute Gasteiger partial charge is 0.357 e. The highest BCUT2D eigenvalue weighted by Gasteiger charge is 2.24. The molecule has 3 rings (SSSR count). The second-order valence-electron chi connectivity index (χ2n) is 5.50. The Hall–Kier alpha value is -3.29. The number of hydrogen-bond acceptors (Lipinski definition) is 7. The van der Waals surface area contributed by atoms with Gasteiger partial charge < -0.3 is 10.2 Å². The summed E-state index contributed by atoms with van der Waals surface area (Å²) in [5, 5.41) is 15.5. The van der Waals surface area contributed by atoms with E-state index in [9.17, 15) is 10.1 Å². The number of nitro groups is 1. The number of aromatic nitrogens is 3. The Morgan fingerprint density at radius 3 is 2.67 bits per heavy atom. The van der Waals surface area contributed by atoms with E-state index < -0.39 is 4.92 Å². The Balaban J connectivity index is 2.14. The molecule has 2 heterocycles.